The maximum Gasteiger partial charge on any atom is 4.00 e. The SMILES string of the molecule is CC(C)[O-].CC(C)[O-].COc1cc(C)cc(C(C)(C)C)c1[O-].COc1cc(C)cc(C(C)(C)C)c1[O-].[Ti+4]. The van der Waals surface area contributed by atoms with E-state index in [-0.39, 0.29) is 44.0 Å². The Morgan fingerprint density at radius 3 is 0.973 bits per heavy atom. The van der Waals surface area contributed by atoms with Crippen molar-refractivity contribution in [2.24, 2.45) is 0 Å². The van der Waals surface area contributed by atoms with Gasteiger partial charge in [0.1, 0.15) is 11.5 Å². The molecule has 2 aromatic rings. The standard InChI is InChI=1S/2C12H18O2.2C3H7O.Ti/c2*1-8-6-9(12(2,3)4)11(13)10(7-8)14-5;2*1-3(2)4;/h2*6-7,13H,1-5H3;2*3H,1-2H3;/q;;2*-1;+4/p-2. The van der Waals surface area contributed by atoms with E-state index < -0.39 is 12.2 Å². The van der Waals surface area contributed by atoms with E-state index in [0.29, 0.717) is 11.5 Å². The van der Waals surface area contributed by atoms with Gasteiger partial charge in [0, 0.05) is 0 Å². The van der Waals surface area contributed by atoms with E-state index in [1.54, 1.807) is 39.8 Å². The summed E-state index contributed by atoms with van der Waals surface area (Å²) in [6.07, 6.45) is -0.833. The van der Waals surface area contributed by atoms with Crippen LogP contribution in [0.25, 0.3) is 0 Å². The average molecular weight is 553 g/mol. The topological polar surface area (TPSA) is 111 Å². The number of rotatable bonds is 2. The number of benzene rings is 2. The van der Waals surface area contributed by atoms with Gasteiger partial charge in [-0.25, -0.2) is 0 Å². The Morgan fingerprint density at radius 2 is 0.811 bits per heavy atom. The molecule has 0 aliphatic carbocycles. The monoisotopic (exact) mass is 552 g/mol. The normalized spacial score (nSPS) is 10.6. The maximum atomic E-state index is 11.9. The molecule has 0 heterocycles. The predicted molar refractivity (Wildman–Crippen MR) is 142 cm³/mol. The number of hydrogen-bond acceptors (Lipinski definition) is 6. The molecular weight excluding hydrogens is 504 g/mol. The quantitative estimate of drug-likeness (QED) is 0.515. The Morgan fingerprint density at radius 1 is 0.595 bits per heavy atom. The van der Waals surface area contributed by atoms with Crippen molar-refractivity contribution >= 4 is 0 Å². The van der Waals surface area contributed by atoms with Crippen molar-refractivity contribution < 1.29 is 51.6 Å². The molecule has 0 saturated heterocycles. The Balaban J connectivity index is -0.000000476. The Bertz CT molecular complexity index is 829. The molecule has 0 fully saturated rings. The zero-order chi connectivity index (χ0) is 29.0. The third kappa shape index (κ3) is 16.7. The van der Waals surface area contributed by atoms with Crippen molar-refractivity contribution in [3.05, 3.63) is 46.5 Å². The third-order valence-corrected chi connectivity index (χ3v) is 4.45. The van der Waals surface area contributed by atoms with E-state index >= 15 is 0 Å². The van der Waals surface area contributed by atoms with Gasteiger partial charge in [0.25, 0.3) is 0 Å². The molecule has 2 rings (SSSR count). The van der Waals surface area contributed by atoms with Crippen LogP contribution in [0.4, 0.5) is 0 Å². The number of aryl methyl sites for hydroxylation is 2. The summed E-state index contributed by atoms with van der Waals surface area (Å²) in [6, 6.07) is 7.42. The van der Waals surface area contributed by atoms with Crippen LogP contribution in [0.3, 0.4) is 0 Å². The molecule has 0 aliphatic heterocycles. The summed E-state index contributed by atoms with van der Waals surface area (Å²) < 4.78 is 10.1. The van der Waals surface area contributed by atoms with Crippen LogP contribution in [0.1, 0.15) is 91.5 Å². The molecule has 0 atom stereocenters. The molecule has 208 valence electrons. The van der Waals surface area contributed by atoms with Crippen LogP contribution in [0.15, 0.2) is 24.3 Å². The Hall–Kier alpha value is -1.73. The van der Waals surface area contributed by atoms with Gasteiger partial charge in [-0.15, -0.1) is 12.2 Å². The van der Waals surface area contributed by atoms with Crippen LogP contribution >= 0.6 is 0 Å². The van der Waals surface area contributed by atoms with Crippen molar-refractivity contribution in [1.82, 2.24) is 0 Å². The van der Waals surface area contributed by atoms with Crippen LogP contribution in [-0.2, 0) is 32.5 Å². The fourth-order valence-electron chi connectivity index (χ4n) is 2.90. The van der Waals surface area contributed by atoms with Gasteiger partial charge in [-0.2, -0.15) is 0 Å². The van der Waals surface area contributed by atoms with E-state index in [2.05, 4.69) is 0 Å². The molecular formula is C30H48O6Ti. The minimum absolute atomic E-state index is 0. The zero-order valence-corrected chi connectivity index (χ0v) is 27.0. The molecule has 0 spiro atoms. The summed E-state index contributed by atoms with van der Waals surface area (Å²) in [4.78, 5) is 0. The predicted octanol–water partition coefficient (Wildman–Crippen LogP) is 4.26. The first-order valence-electron chi connectivity index (χ1n) is 12.2. The van der Waals surface area contributed by atoms with Crippen LogP contribution in [0, 0.1) is 13.8 Å². The van der Waals surface area contributed by atoms with E-state index in [1.165, 1.54) is 14.2 Å². The maximum absolute atomic E-state index is 11.9. The van der Waals surface area contributed by atoms with Crippen molar-refractivity contribution in [1.29, 1.82) is 0 Å². The second-order valence-corrected chi connectivity index (χ2v) is 11.3. The van der Waals surface area contributed by atoms with Crippen LogP contribution < -0.4 is 29.9 Å². The first-order chi connectivity index (χ1) is 16.2. The molecule has 2 aromatic carbocycles. The van der Waals surface area contributed by atoms with Gasteiger partial charge in [0.05, 0.1) is 14.2 Å². The molecule has 7 heteroatoms. The van der Waals surface area contributed by atoms with E-state index in [1.807, 2.05) is 67.5 Å². The zero-order valence-electron chi connectivity index (χ0n) is 25.4. The summed E-state index contributed by atoms with van der Waals surface area (Å²) in [5.41, 5.74) is 3.49. The molecule has 0 aliphatic rings. The van der Waals surface area contributed by atoms with Crippen LogP contribution in [0.5, 0.6) is 23.0 Å². The van der Waals surface area contributed by atoms with Gasteiger partial charge in [0.2, 0.25) is 0 Å². The van der Waals surface area contributed by atoms with Crippen LogP contribution in [-0.4, -0.2) is 26.4 Å². The smallest absolute Gasteiger partial charge is 0.870 e. The molecule has 0 radical (unpaired) electrons. The minimum Gasteiger partial charge on any atom is -0.870 e. The Kier molecular flexibility index (Phi) is 19.1. The van der Waals surface area contributed by atoms with E-state index in [9.17, 15) is 20.4 Å². The number of ether oxygens (including phenoxy) is 2. The second-order valence-electron chi connectivity index (χ2n) is 11.3. The van der Waals surface area contributed by atoms with E-state index in [0.717, 1.165) is 22.3 Å². The van der Waals surface area contributed by atoms with Crippen molar-refractivity contribution in [3.8, 4) is 23.0 Å². The van der Waals surface area contributed by atoms with Crippen LogP contribution in [0.2, 0.25) is 0 Å². The summed E-state index contributed by atoms with van der Waals surface area (Å²) >= 11 is 0. The van der Waals surface area contributed by atoms with Gasteiger partial charge < -0.3 is 29.9 Å². The molecule has 0 bridgehead atoms. The summed E-state index contributed by atoms with van der Waals surface area (Å²) in [7, 11) is 3.06. The summed E-state index contributed by atoms with van der Waals surface area (Å²) in [5, 5.41) is 42.8. The molecule has 0 amide bonds. The Labute approximate surface area is 240 Å². The number of hydrogen-bond donors (Lipinski definition) is 0. The van der Waals surface area contributed by atoms with Crippen molar-refractivity contribution in [3.63, 3.8) is 0 Å². The fraction of sp³-hybridized carbons (Fsp3) is 0.600. The van der Waals surface area contributed by atoms with Gasteiger partial charge in [0.15, 0.2) is 0 Å². The molecule has 0 unspecified atom stereocenters. The van der Waals surface area contributed by atoms with Crippen molar-refractivity contribution in [2.45, 2.75) is 106 Å². The molecule has 0 aromatic heterocycles. The minimum atomic E-state index is -0.417. The molecule has 0 saturated carbocycles. The largest absolute Gasteiger partial charge is 4.00 e. The fourth-order valence-corrected chi connectivity index (χ4v) is 2.90. The molecule has 0 N–H and O–H groups in total. The van der Waals surface area contributed by atoms with Crippen molar-refractivity contribution in [2.75, 3.05) is 14.2 Å². The van der Waals surface area contributed by atoms with Gasteiger partial charge >= 0.3 is 21.7 Å². The second kappa shape index (κ2) is 17.7. The first kappa shape index (κ1) is 39.8. The van der Waals surface area contributed by atoms with Gasteiger partial charge in [-0.3, -0.25) is 0 Å². The van der Waals surface area contributed by atoms with Gasteiger partial charge in [-0.1, -0.05) is 92.9 Å². The molecule has 6 nitrogen and oxygen atoms in total. The van der Waals surface area contributed by atoms with Gasteiger partial charge in [-0.05, 0) is 59.1 Å². The van der Waals surface area contributed by atoms with E-state index in [4.69, 9.17) is 9.47 Å². The molecule has 37 heavy (non-hydrogen) atoms. The summed E-state index contributed by atoms with van der Waals surface area (Å²) in [5.74, 6) is 0.890. The average Bonchev–Trinajstić information content (AvgIpc) is 2.69. The first-order valence-corrected chi connectivity index (χ1v) is 12.2. The third-order valence-electron chi connectivity index (χ3n) is 4.45. The number of methoxy groups -OCH3 is 2. The summed E-state index contributed by atoms with van der Waals surface area (Å²) in [6.45, 7) is 22.6.